The van der Waals surface area contributed by atoms with E-state index in [4.69, 9.17) is 0 Å². The minimum Gasteiger partial charge on any atom is -0.348 e. The first-order chi connectivity index (χ1) is 5.87. The van der Waals surface area contributed by atoms with Crippen molar-refractivity contribution in [1.29, 1.82) is 0 Å². The molecule has 0 saturated heterocycles. The van der Waals surface area contributed by atoms with E-state index in [9.17, 15) is 4.79 Å². The van der Waals surface area contributed by atoms with Gasteiger partial charge in [-0.1, -0.05) is 20.4 Å². The van der Waals surface area contributed by atoms with E-state index in [1.54, 1.807) is 0 Å². The molecule has 0 aliphatic rings. The topological polar surface area (TPSA) is 29.1 Å². The molecule has 1 radical (unpaired) electrons. The van der Waals surface area contributed by atoms with Crippen molar-refractivity contribution in [1.82, 2.24) is 5.32 Å². The van der Waals surface area contributed by atoms with E-state index in [1.165, 1.54) is 6.08 Å². The van der Waals surface area contributed by atoms with E-state index in [1.807, 2.05) is 13.8 Å². The molecule has 0 aliphatic heterocycles. The molecule has 1 unspecified atom stereocenters. The van der Waals surface area contributed by atoms with Crippen LogP contribution < -0.4 is 5.32 Å². The molecule has 0 aromatic rings. The van der Waals surface area contributed by atoms with Crippen molar-refractivity contribution in [3.05, 3.63) is 19.6 Å². The number of carbonyl (C=O) groups is 1. The van der Waals surface area contributed by atoms with Gasteiger partial charge in [-0.2, -0.15) is 0 Å². The molecule has 0 bridgehead atoms. The molecule has 0 aromatic heterocycles. The summed E-state index contributed by atoms with van der Waals surface area (Å²) in [6.45, 7) is 13.4. The van der Waals surface area contributed by atoms with Crippen LogP contribution in [0.3, 0.4) is 0 Å². The van der Waals surface area contributed by atoms with Crippen LogP contribution in [0.2, 0.25) is 0 Å². The fourth-order valence-corrected chi connectivity index (χ4v) is 1.05. The van der Waals surface area contributed by atoms with Gasteiger partial charge in [0, 0.05) is 5.54 Å². The van der Waals surface area contributed by atoms with Gasteiger partial charge in [0.1, 0.15) is 0 Å². The Hall–Kier alpha value is -0.790. The third kappa shape index (κ3) is 6.38. The molecule has 0 saturated carbocycles. The summed E-state index contributed by atoms with van der Waals surface area (Å²) in [6.07, 6.45) is 3.26. The van der Waals surface area contributed by atoms with Crippen molar-refractivity contribution in [2.75, 3.05) is 0 Å². The second kappa shape index (κ2) is 5.05. The summed E-state index contributed by atoms with van der Waals surface area (Å²) in [5.41, 5.74) is -0.156. The molecule has 75 valence electrons. The average molecular weight is 182 g/mol. The Bertz CT molecular complexity index is 183. The summed E-state index contributed by atoms with van der Waals surface area (Å²) in [7, 11) is 0. The number of nitrogens with one attached hydrogen (secondary N) is 1. The molecule has 13 heavy (non-hydrogen) atoms. The highest BCUT2D eigenvalue weighted by atomic mass is 16.1. The Morgan fingerprint density at radius 1 is 1.62 bits per heavy atom. The molecule has 2 heteroatoms. The lowest BCUT2D eigenvalue weighted by molar-refractivity contribution is -0.118. The van der Waals surface area contributed by atoms with Crippen LogP contribution in [0.1, 0.15) is 33.6 Å². The molecular formula is C11H20NO. The smallest absolute Gasteiger partial charge is 0.243 e. The monoisotopic (exact) mass is 182 g/mol. The summed E-state index contributed by atoms with van der Waals surface area (Å²) in [6, 6.07) is 0. The standard InChI is InChI=1S/C11H20NO/c1-6-10(13)12-11(4,5)8-7-9(2)3/h6,9H,1-2,7-8H2,3-5H3,(H,12,13). The Balaban J connectivity index is 3.92. The number of rotatable bonds is 5. The van der Waals surface area contributed by atoms with Gasteiger partial charge >= 0.3 is 0 Å². The summed E-state index contributed by atoms with van der Waals surface area (Å²) < 4.78 is 0. The number of carbonyl (C=O) groups excluding carboxylic acids is 1. The predicted molar refractivity (Wildman–Crippen MR) is 56.2 cm³/mol. The van der Waals surface area contributed by atoms with Crippen LogP contribution >= 0.6 is 0 Å². The van der Waals surface area contributed by atoms with Crippen molar-refractivity contribution >= 4 is 5.91 Å². The van der Waals surface area contributed by atoms with E-state index in [0.717, 1.165) is 12.8 Å². The predicted octanol–water partition coefficient (Wildman–Crippen LogP) is 2.32. The number of amides is 1. The van der Waals surface area contributed by atoms with Crippen LogP contribution in [0, 0.1) is 12.8 Å². The van der Waals surface area contributed by atoms with Crippen molar-refractivity contribution in [2.45, 2.75) is 39.2 Å². The molecule has 0 heterocycles. The van der Waals surface area contributed by atoms with Crippen LogP contribution in [-0.4, -0.2) is 11.4 Å². The Labute approximate surface area is 81.4 Å². The Morgan fingerprint density at radius 3 is 2.54 bits per heavy atom. The molecule has 1 atom stereocenters. The van der Waals surface area contributed by atoms with Gasteiger partial charge in [0.25, 0.3) is 0 Å². The second-order valence-corrected chi connectivity index (χ2v) is 4.22. The highest BCUT2D eigenvalue weighted by Crippen LogP contribution is 2.15. The fraction of sp³-hybridized carbons (Fsp3) is 0.636. The lowest BCUT2D eigenvalue weighted by Crippen LogP contribution is -2.42. The van der Waals surface area contributed by atoms with E-state index >= 15 is 0 Å². The molecule has 0 aliphatic carbocycles. The maximum absolute atomic E-state index is 11.0. The van der Waals surface area contributed by atoms with Gasteiger partial charge in [-0.15, -0.1) is 0 Å². The summed E-state index contributed by atoms with van der Waals surface area (Å²) in [5, 5.41) is 2.88. The summed E-state index contributed by atoms with van der Waals surface area (Å²) >= 11 is 0. The van der Waals surface area contributed by atoms with E-state index in [0.29, 0.717) is 5.92 Å². The highest BCUT2D eigenvalue weighted by Gasteiger charge is 2.18. The van der Waals surface area contributed by atoms with Gasteiger partial charge in [-0.25, -0.2) is 0 Å². The van der Waals surface area contributed by atoms with E-state index in [2.05, 4.69) is 25.7 Å². The minimum atomic E-state index is -0.156. The van der Waals surface area contributed by atoms with Gasteiger partial charge < -0.3 is 5.32 Å². The quantitative estimate of drug-likeness (QED) is 0.649. The fourth-order valence-electron chi connectivity index (χ4n) is 1.05. The average Bonchev–Trinajstić information content (AvgIpc) is 2.00. The molecule has 0 aromatic carbocycles. The lowest BCUT2D eigenvalue weighted by Gasteiger charge is -2.26. The van der Waals surface area contributed by atoms with Crippen molar-refractivity contribution in [3.63, 3.8) is 0 Å². The molecule has 1 N–H and O–H groups in total. The second-order valence-electron chi connectivity index (χ2n) is 4.22. The molecule has 0 spiro atoms. The SMILES string of the molecule is [CH2]C(C)CCC(C)(C)NC(=O)C=C. The highest BCUT2D eigenvalue weighted by molar-refractivity contribution is 5.87. The first kappa shape index (κ1) is 12.2. The van der Waals surface area contributed by atoms with Gasteiger partial charge in [0.2, 0.25) is 5.91 Å². The molecule has 0 fully saturated rings. The molecule has 1 amide bonds. The van der Waals surface area contributed by atoms with Gasteiger partial charge in [-0.3, -0.25) is 4.79 Å². The zero-order valence-electron chi connectivity index (χ0n) is 8.89. The number of hydrogen-bond donors (Lipinski definition) is 1. The Morgan fingerprint density at radius 2 is 2.15 bits per heavy atom. The molecular weight excluding hydrogens is 162 g/mol. The van der Waals surface area contributed by atoms with E-state index in [-0.39, 0.29) is 11.4 Å². The summed E-state index contributed by atoms with van der Waals surface area (Å²) in [5.74, 6) is 0.321. The van der Waals surface area contributed by atoms with Crippen molar-refractivity contribution in [2.24, 2.45) is 5.92 Å². The normalized spacial score (nSPS) is 11.5. The zero-order chi connectivity index (χ0) is 10.5. The molecule has 2 nitrogen and oxygen atoms in total. The zero-order valence-corrected chi connectivity index (χ0v) is 8.89. The van der Waals surface area contributed by atoms with E-state index < -0.39 is 0 Å². The van der Waals surface area contributed by atoms with Gasteiger partial charge in [0.15, 0.2) is 0 Å². The third-order valence-electron chi connectivity index (χ3n) is 1.91. The Kier molecular flexibility index (Phi) is 4.74. The van der Waals surface area contributed by atoms with Crippen LogP contribution in [0.5, 0.6) is 0 Å². The maximum atomic E-state index is 11.0. The van der Waals surface area contributed by atoms with Gasteiger partial charge in [0.05, 0.1) is 0 Å². The van der Waals surface area contributed by atoms with Crippen LogP contribution in [0.15, 0.2) is 12.7 Å². The summed E-state index contributed by atoms with van der Waals surface area (Å²) in [4.78, 5) is 11.0. The van der Waals surface area contributed by atoms with Crippen LogP contribution in [0.25, 0.3) is 0 Å². The van der Waals surface area contributed by atoms with Gasteiger partial charge in [-0.05, 0) is 38.7 Å². The largest absolute Gasteiger partial charge is 0.348 e. The maximum Gasteiger partial charge on any atom is 0.243 e. The lowest BCUT2D eigenvalue weighted by atomic mass is 9.94. The van der Waals surface area contributed by atoms with Crippen molar-refractivity contribution in [3.8, 4) is 0 Å². The van der Waals surface area contributed by atoms with Crippen LogP contribution in [0.4, 0.5) is 0 Å². The van der Waals surface area contributed by atoms with Crippen molar-refractivity contribution < 1.29 is 4.79 Å². The minimum absolute atomic E-state index is 0.110. The molecule has 0 rings (SSSR count). The number of hydrogen-bond acceptors (Lipinski definition) is 1. The first-order valence-corrected chi connectivity index (χ1v) is 4.65. The van der Waals surface area contributed by atoms with Crippen LogP contribution in [-0.2, 0) is 4.79 Å². The first-order valence-electron chi connectivity index (χ1n) is 4.65. The third-order valence-corrected chi connectivity index (χ3v) is 1.91.